The van der Waals surface area contributed by atoms with Crippen molar-refractivity contribution in [2.24, 2.45) is 0 Å². The molecule has 0 aliphatic rings. The van der Waals surface area contributed by atoms with Gasteiger partial charge in [0.2, 0.25) is 0 Å². The average Bonchev–Trinajstić information content (AvgIpc) is 3.52. The quantitative estimate of drug-likeness (QED) is 0.178. The molecule has 0 radical (unpaired) electrons. The molecule has 5 nitrogen and oxygen atoms in total. The number of aromatic nitrogens is 5. The van der Waals surface area contributed by atoms with E-state index in [0.717, 1.165) is 66.6 Å². The average molecular weight is 662 g/mol. The number of fused-ring (bicyclic) bond motifs is 3. The van der Waals surface area contributed by atoms with Crippen LogP contribution in [0, 0.1) is 0 Å². The summed E-state index contributed by atoms with van der Waals surface area (Å²) in [5.41, 5.74) is 10.0. The summed E-state index contributed by atoms with van der Waals surface area (Å²) in [7, 11) is 0. The van der Waals surface area contributed by atoms with Crippen LogP contribution in [0.5, 0.6) is 0 Å². The second kappa shape index (κ2) is 12.5. The van der Waals surface area contributed by atoms with E-state index in [4.69, 9.17) is 26.6 Å². The summed E-state index contributed by atoms with van der Waals surface area (Å²) in [5.74, 6) is 1.77. The van der Waals surface area contributed by atoms with Crippen molar-refractivity contribution in [2.45, 2.75) is 0 Å². The lowest BCUT2D eigenvalue weighted by Crippen LogP contribution is -2.00. The van der Waals surface area contributed by atoms with Crippen molar-refractivity contribution >= 4 is 33.4 Å². The minimum atomic E-state index is 0.559. The molecule has 0 saturated heterocycles. The van der Waals surface area contributed by atoms with Crippen molar-refractivity contribution in [3.63, 3.8) is 0 Å². The molecule has 236 valence electrons. The third-order valence-corrected chi connectivity index (χ3v) is 9.15. The molecule has 0 aliphatic heterocycles. The Morgan fingerprint density at radius 2 is 0.920 bits per heavy atom. The van der Waals surface area contributed by atoms with Gasteiger partial charge in [-0.1, -0.05) is 109 Å². The first-order chi connectivity index (χ1) is 24.7. The van der Waals surface area contributed by atoms with E-state index in [1.807, 2.05) is 103 Å². The van der Waals surface area contributed by atoms with Gasteiger partial charge in [0.25, 0.3) is 0 Å². The van der Waals surface area contributed by atoms with Gasteiger partial charge in [0, 0.05) is 49.9 Å². The molecule has 0 fully saturated rings. The molecule has 9 aromatic rings. The Balaban J connectivity index is 1.22. The first-order valence-electron chi connectivity index (χ1n) is 16.4. The molecule has 0 spiro atoms. The lowest BCUT2D eigenvalue weighted by molar-refractivity contribution is 1.07. The molecular weight excluding hydrogens is 634 g/mol. The molecule has 0 amide bonds. The van der Waals surface area contributed by atoms with Gasteiger partial charge < -0.3 is 4.57 Å². The molecule has 6 heteroatoms. The van der Waals surface area contributed by atoms with Crippen LogP contribution in [0.4, 0.5) is 0 Å². The van der Waals surface area contributed by atoms with Crippen LogP contribution in [0.1, 0.15) is 0 Å². The van der Waals surface area contributed by atoms with Crippen LogP contribution >= 0.6 is 11.6 Å². The Morgan fingerprint density at radius 1 is 0.400 bits per heavy atom. The molecule has 6 aromatic carbocycles. The summed E-state index contributed by atoms with van der Waals surface area (Å²) in [5, 5.41) is 2.89. The minimum Gasteiger partial charge on any atom is -0.309 e. The van der Waals surface area contributed by atoms with Gasteiger partial charge >= 0.3 is 0 Å². The fraction of sp³-hybridized carbons (Fsp3) is 0. The number of hydrogen-bond donors (Lipinski definition) is 0. The lowest BCUT2D eigenvalue weighted by atomic mass is 9.99. The monoisotopic (exact) mass is 661 g/mol. The second-order valence-electron chi connectivity index (χ2n) is 12.1. The van der Waals surface area contributed by atoms with Crippen molar-refractivity contribution in [2.75, 3.05) is 0 Å². The zero-order chi connectivity index (χ0) is 33.4. The Hall–Kier alpha value is -6.43. The molecule has 0 bridgehead atoms. The molecule has 0 aliphatic carbocycles. The van der Waals surface area contributed by atoms with E-state index in [1.54, 1.807) is 0 Å². The topological polar surface area (TPSA) is 56.5 Å². The van der Waals surface area contributed by atoms with Gasteiger partial charge in [0.05, 0.1) is 16.7 Å². The van der Waals surface area contributed by atoms with Gasteiger partial charge in [-0.15, -0.1) is 0 Å². The summed E-state index contributed by atoms with van der Waals surface area (Å²) in [6.07, 6.45) is 1.83. The number of rotatable bonds is 6. The van der Waals surface area contributed by atoms with Crippen LogP contribution < -0.4 is 0 Å². The normalized spacial score (nSPS) is 11.3. The molecular formula is C44H28ClN5. The summed E-state index contributed by atoms with van der Waals surface area (Å²) in [6.45, 7) is 0. The second-order valence-corrected chi connectivity index (χ2v) is 12.6. The highest BCUT2D eigenvalue weighted by atomic mass is 35.5. The number of hydrogen-bond acceptors (Lipinski definition) is 4. The Labute approximate surface area is 294 Å². The SMILES string of the molecule is Clc1cc(-c2ccc3c(c2)c2cc(-c4ccccn4)ccc2n3-c2ccccc2)cc(-c2nc(-c3ccccc3)nc(-c3ccccc3)n2)c1. The van der Waals surface area contributed by atoms with Gasteiger partial charge in [-0.3, -0.25) is 4.98 Å². The van der Waals surface area contributed by atoms with Crippen molar-refractivity contribution in [1.82, 2.24) is 24.5 Å². The fourth-order valence-corrected chi connectivity index (χ4v) is 6.81. The van der Waals surface area contributed by atoms with E-state index in [1.165, 1.54) is 0 Å². The predicted octanol–water partition coefficient (Wildman–Crippen LogP) is 11.4. The molecule has 3 heterocycles. The number of halogens is 1. The summed E-state index contributed by atoms with van der Waals surface area (Å²) >= 11 is 6.87. The van der Waals surface area contributed by atoms with E-state index in [-0.39, 0.29) is 0 Å². The molecule has 0 N–H and O–H groups in total. The first kappa shape index (κ1) is 29.7. The zero-order valence-corrected chi connectivity index (χ0v) is 27.5. The van der Waals surface area contributed by atoms with Gasteiger partial charge in [-0.05, 0) is 77.9 Å². The summed E-state index contributed by atoms with van der Waals surface area (Å²) < 4.78 is 2.32. The fourth-order valence-electron chi connectivity index (χ4n) is 6.57. The van der Waals surface area contributed by atoms with Crippen LogP contribution in [0.15, 0.2) is 170 Å². The standard InChI is InChI=1S/C44H28ClN5/c45-35-25-33(24-34(26-35)44-48-42(29-12-4-1-5-13-29)47-43(49-44)30-14-6-2-7-15-30)31-19-21-40-37(27-31)38-28-32(39-18-10-11-23-46-39)20-22-41(38)50(40)36-16-8-3-9-17-36/h1-28H. The predicted molar refractivity (Wildman–Crippen MR) is 204 cm³/mol. The molecule has 0 atom stereocenters. The summed E-state index contributed by atoms with van der Waals surface area (Å²) in [4.78, 5) is 19.4. The van der Waals surface area contributed by atoms with Crippen LogP contribution in [-0.2, 0) is 0 Å². The number of para-hydroxylation sites is 1. The smallest absolute Gasteiger partial charge is 0.164 e. The molecule has 0 saturated carbocycles. The van der Waals surface area contributed by atoms with Crippen molar-refractivity contribution in [1.29, 1.82) is 0 Å². The third kappa shape index (κ3) is 5.50. The molecule has 9 rings (SSSR count). The van der Waals surface area contributed by atoms with E-state index in [9.17, 15) is 0 Å². The minimum absolute atomic E-state index is 0.559. The van der Waals surface area contributed by atoms with Crippen molar-refractivity contribution in [3.8, 4) is 62.2 Å². The lowest BCUT2D eigenvalue weighted by Gasteiger charge is -2.11. The van der Waals surface area contributed by atoms with E-state index >= 15 is 0 Å². The third-order valence-electron chi connectivity index (χ3n) is 8.93. The largest absolute Gasteiger partial charge is 0.309 e. The van der Waals surface area contributed by atoms with Gasteiger partial charge in [0.1, 0.15) is 0 Å². The van der Waals surface area contributed by atoms with E-state index in [2.05, 4.69) is 76.3 Å². The highest BCUT2D eigenvalue weighted by Gasteiger charge is 2.17. The Morgan fingerprint density at radius 3 is 1.52 bits per heavy atom. The maximum atomic E-state index is 6.87. The Bertz CT molecular complexity index is 2580. The maximum absolute atomic E-state index is 6.87. The number of nitrogens with zero attached hydrogens (tertiary/aromatic N) is 5. The van der Waals surface area contributed by atoms with Crippen molar-refractivity contribution in [3.05, 3.63) is 175 Å². The van der Waals surface area contributed by atoms with Crippen LogP contribution in [0.3, 0.4) is 0 Å². The van der Waals surface area contributed by atoms with Crippen LogP contribution in [0.25, 0.3) is 84.0 Å². The molecule has 50 heavy (non-hydrogen) atoms. The molecule has 3 aromatic heterocycles. The van der Waals surface area contributed by atoms with Gasteiger partial charge in [0.15, 0.2) is 17.5 Å². The van der Waals surface area contributed by atoms with E-state index in [0.29, 0.717) is 22.5 Å². The first-order valence-corrected chi connectivity index (χ1v) is 16.8. The van der Waals surface area contributed by atoms with Gasteiger partial charge in [-0.25, -0.2) is 15.0 Å². The van der Waals surface area contributed by atoms with Crippen LogP contribution in [-0.4, -0.2) is 24.5 Å². The summed E-state index contributed by atoms with van der Waals surface area (Å²) in [6, 6.07) is 55.7. The van der Waals surface area contributed by atoms with Crippen LogP contribution in [0.2, 0.25) is 5.02 Å². The number of benzene rings is 6. The highest BCUT2D eigenvalue weighted by Crippen LogP contribution is 2.38. The van der Waals surface area contributed by atoms with Crippen molar-refractivity contribution < 1.29 is 0 Å². The highest BCUT2D eigenvalue weighted by molar-refractivity contribution is 6.31. The maximum Gasteiger partial charge on any atom is 0.164 e. The van der Waals surface area contributed by atoms with Gasteiger partial charge in [-0.2, -0.15) is 0 Å². The van der Waals surface area contributed by atoms with E-state index < -0.39 is 0 Å². The molecule has 0 unspecified atom stereocenters. The Kier molecular flexibility index (Phi) is 7.45. The number of pyridine rings is 1. The zero-order valence-electron chi connectivity index (χ0n) is 26.8.